The highest BCUT2D eigenvalue weighted by Gasteiger charge is 2.26. The predicted molar refractivity (Wildman–Crippen MR) is 105 cm³/mol. The number of hydrogen-bond donors (Lipinski definition) is 1. The molecule has 9 heteroatoms. The van der Waals surface area contributed by atoms with Crippen LogP contribution in [0.2, 0.25) is 0 Å². The molecule has 0 amide bonds. The fraction of sp³-hybridized carbons (Fsp3) is 0.765. The molecule has 1 aromatic heterocycles. The first kappa shape index (κ1) is 21.0. The maximum atomic E-state index is 12.7. The molecular weight excluding hydrogens is 352 g/mol. The van der Waals surface area contributed by atoms with E-state index < -0.39 is 10.2 Å². The topological polar surface area (TPSA) is 81.7 Å². The van der Waals surface area contributed by atoms with Crippen LogP contribution >= 0.6 is 0 Å². The van der Waals surface area contributed by atoms with E-state index >= 15 is 0 Å². The molecule has 0 aliphatic carbocycles. The summed E-state index contributed by atoms with van der Waals surface area (Å²) >= 11 is 0. The quantitative estimate of drug-likeness (QED) is 0.721. The second-order valence-electron chi connectivity index (χ2n) is 6.85. The summed E-state index contributed by atoms with van der Waals surface area (Å²) in [5.41, 5.74) is 0.986. The Morgan fingerprint density at radius 3 is 2.42 bits per heavy atom. The van der Waals surface area contributed by atoms with Crippen LogP contribution in [0.5, 0.6) is 0 Å². The Morgan fingerprint density at radius 2 is 1.88 bits per heavy atom. The number of rotatable bonds is 8. The van der Waals surface area contributed by atoms with Crippen LogP contribution in [-0.4, -0.2) is 74.3 Å². The van der Waals surface area contributed by atoms with Gasteiger partial charge in [0.1, 0.15) is 11.6 Å². The van der Waals surface area contributed by atoms with Crippen LogP contribution in [0.4, 0.5) is 5.82 Å². The van der Waals surface area contributed by atoms with Gasteiger partial charge < -0.3 is 10.2 Å². The van der Waals surface area contributed by atoms with Crippen LogP contribution in [-0.2, 0) is 16.8 Å². The summed E-state index contributed by atoms with van der Waals surface area (Å²) in [6, 6.07) is 2.01. The lowest BCUT2D eigenvalue weighted by Crippen LogP contribution is -2.41. The average molecular weight is 385 g/mol. The van der Waals surface area contributed by atoms with Gasteiger partial charge in [-0.15, -0.1) is 0 Å². The third-order valence-corrected chi connectivity index (χ3v) is 6.83. The van der Waals surface area contributed by atoms with Crippen LogP contribution in [0.25, 0.3) is 0 Å². The zero-order valence-electron chi connectivity index (χ0n) is 16.6. The fourth-order valence-electron chi connectivity index (χ4n) is 3.14. The number of nitrogens with zero attached hydrogens (tertiary/aromatic N) is 5. The predicted octanol–water partition coefficient (Wildman–Crippen LogP) is 1.03. The lowest BCUT2D eigenvalue weighted by Gasteiger charge is -2.26. The minimum atomic E-state index is -3.51. The number of hydrogen-bond acceptors (Lipinski definition) is 6. The number of nitrogens with one attached hydrogen (secondary N) is 1. The van der Waals surface area contributed by atoms with E-state index in [0.717, 1.165) is 37.4 Å². The maximum Gasteiger partial charge on any atom is 0.282 e. The Morgan fingerprint density at radius 1 is 1.19 bits per heavy atom. The number of anilines is 1. The second kappa shape index (κ2) is 9.07. The zero-order chi connectivity index (χ0) is 19.3. The van der Waals surface area contributed by atoms with Gasteiger partial charge in [0, 0.05) is 52.8 Å². The summed E-state index contributed by atoms with van der Waals surface area (Å²) in [6.07, 6.45) is 2.21. The molecule has 0 bridgehead atoms. The van der Waals surface area contributed by atoms with Crippen LogP contribution in [0.15, 0.2) is 6.07 Å². The molecule has 0 aromatic carbocycles. The molecule has 1 atom stereocenters. The van der Waals surface area contributed by atoms with Gasteiger partial charge in [-0.3, -0.25) is 0 Å². The summed E-state index contributed by atoms with van der Waals surface area (Å²) in [5, 5.41) is 3.41. The van der Waals surface area contributed by atoms with Gasteiger partial charge in [0.05, 0.1) is 12.2 Å². The van der Waals surface area contributed by atoms with Gasteiger partial charge in [0.15, 0.2) is 0 Å². The molecule has 8 nitrogen and oxygen atoms in total. The van der Waals surface area contributed by atoms with E-state index in [2.05, 4.69) is 10.3 Å². The molecule has 0 spiro atoms. The van der Waals surface area contributed by atoms with Crippen LogP contribution in [0, 0.1) is 0 Å². The second-order valence-corrected chi connectivity index (χ2v) is 8.89. The standard InChI is InChI=1S/C17H32N6O2S/c1-6-23(7-2)26(24,25)22(5)13-16-19-15(11-17(20-16)21(3)4)14-9-8-10-18-12-14/h11,14,18H,6-10,12-13H2,1-5H3/t14-/m1/s1. The van der Waals surface area contributed by atoms with Crippen molar-refractivity contribution in [2.45, 2.75) is 39.2 Å². The van der Waals surface area contributed by atoms with Gasteiger partial charge in [-0.2, -0.15) is 17.0 Å². The summed E-state index contributed by atoms with van der Waals surface area (Å²) in [6.45, 7) is 6.67. The van der Waals surface area contributed by atoms with Crippen LogP contribution in [0.3, 0.4) is 0 Å². The zero-order valence-corrected chi connectivity index (χ0v) is 17.4. The van der Waals surface area contributed by atoms with Gasteiger partial charge in [-0.1, -0.05) is 13.8 Å². The van der Waals surface area contributed by atoms with E-state index in [0.29, 0.717) is 24.8 Å². The van der Waals surface area contributed by atoms with Gasteiger partial charge in [0.25, 0.3) is 10.2 Å². The van der Waals surface area contributed by atoms with Crippen molar-refractivity contribution in [2.24, 2.45) is 0 Å². The maximum absolute atomic E-state index is 12.7. The minimum absolute atomic E-state index is 0.160. The average Bonchev–Trinajstić information content (AvgIpc) is 2.62. The van der Waals surface area contributed by atoms with E-state index in [4.69, 9.17) is 4.98 Å². The molecule has 26 heavy (non-hydrogen) atoms. The Kier molecular flexibility index (Phi) is 7.33. The molecule has 148 valence electrons. The van der Waals surface area contributed by atoms with Crippen molar-refractivity contribution in [3.8, 4) is 0 Å². The van der Waals surface area contributed by atoms with Crippen LogP contribution in [0.1, 0.15) is 44.1 Å². The van der Waals surface area contributed by atoms with Crippen molar-refractivity contribution in [2.75, 3.05) is 52.2 Å². The van der Waals surface area contributed by atoms with Gasteiger partial charge >= 0.3 is 0 Å². The molecule has 2 heterocycles. The summed E-state index contributed by atoms with van der Waals surface area (Å²) in [4.78, 5) is 11.2. The third-order valence-electron chi connectivity index (χ3n) is 4.74. The Bertz CT molecular complexity index is 684. The molecule has 1 aliphatic rings. The van der Waals surface area contributed by atoms with Gasteiger partial charge in [-0.05, 0) is 19.4 Å². The summed E-state index contributed by atoms with van der Waals surface area (Å²) < 4.78 is 28.1. The van der Waals surface area contributed by atoms with Crippen LogP contribution < -0.4 is 10.2 Å². The first-order chi connectivity index (χ1) is 12.3. The van der Waals surface area contributed by atoms with E-state index in [-0.39, 0.29) is 6.54 Å². The molecule has 1 saturated heterocycles. The molecule has 0 unspecified atom stereocenters. The summed E-state index contributed by atoms with van der Waals surface area (Å²) in [5.74, 6) is 1.69. The SMILES string of the molecule is CCN(CC)S(=O)(=O)N(C)Cc1nc([C@@H]2CCCNC2)cc(N(C)C)n1. The first-order valence-electron chi connectivity index (χ1n) is 9.26. The summed E-state index contributed by atoms with van der Waals surface area (Å²) in [7, 11) is 1.95. The molecule has 0 saturated carbocycles. The van der Waals surface area contributed by atoms with Gasteiger partial charge in [-0.25, -0.2) is 9.97 Å². The Hall–Kier alpha value is -1.29. The van der Waals surface area contributed by atoms with Crippen molar-refractivity contribution in [1.29, 1.82) is 0 Å². The smallest absolute Gasteiger partial charge is 0.282 e. The monoisotopic (exact) mass is 384 g/mol. The molecular formula is C17H32N6O2S. The minimum Gasteiger partial charge on any atom is -0.363 e. The van der Waals surface area contributed by atoms with Crippen molar-refractivity contribution in [1.82, 2.24) is 23.9 Å². The fourth-order valence-corrected chi connectivity index (χ4v) is 4.47. The van der Waals surface area contributed by atoms with Crippen molar-refractivity contribution < 1.29 is 8.42 Å². The Balaban J connectivity index is 2.28. The van der Waals surface area contributed by atoms with Crippen molar-refractivity contribution in [3.05, 3.63) is 17.6 Å². The van der Waals surface area contributed by atoms with E-state index in [1.807, 2.05) is 38.9 Å². The Labute approximate surface area is 157 Å². The largest absolute Gasteiger partial charge is 0.363 e. The molecule has 1 fully saturated rings. The number of piperidine rings is 1. The normalized spacial score (nSPS) is 18.5. The molecule has 1 N–H and O–H groups in total. The molecule has 1 aromatic rings. The van der Waals surface area contributed by atoms with Crippen molar-refractivity contribution in [3.63, 3.8) is 0 Å². The number of aromatic nitrogens is 2. The van der Waals surface area contributed by atoms with Gasteiger partial charge in [0.2, 0.25) is 0 Å². The highest BCUT2D eigenvalue weighted by molar-refractivity contribution is 7.86. The van der Waals surface area contributed by atoms with E-state index in [1.165, 1.54) is 8.61 Å². The molecule has 2 rings (SSSR count). The lowest BCUT2D eigenvalue weighted by atomic mass is 9.96. The third kappa shape index (κ3) is 4.91. The molecule has 1 aliphatic heterocycles. The highest BCUT2D eigenvalue weighted by Crippen LogP contribution is 2.24. The highest BCUT2D eigenvalue weighted by atomic mass is 32.2. The molecule has 0 radical (unpaired) electrons. The first-order valence-corrected chi connectivity index (χ1v) is 10.7. The lowest BCUT2D eigenvalue weighted by molar-refractivity contribution is 0.370. The van der Waals surface area contributed by atoms with Crippen molar-refractivity contribution >= 4 is 16.0 Å². The van der Waals surface area contributed by atoms with E-state index in [9.17, 15) is 8.42 Å². The van der Waals surface area contributed by atoms with E-state index in [1.54, 1.807) is 7.05 Å².